The number of carbonyl (C=O) groups excluding carboxylic acids is 2. The van der Waals surface area contributed by atoms with E-state index in [1.54, 1.807) is 0 Å². The van der Waals surface area contributed by atoms with Gasteiger partial charge in [0.25, 0.3) is 6.08 Å². The largest absolute Gasteiger partial charge is 0.355 e. The summed E-state index contributed by atoms with van der Waals surface area (Å²) in [6.45, 7) is 0.168. The maximum absolute atomic E-state index is 11.7. The Bertz CT molecular complexity index is 259. The van der Waals surface area contributed by atoms with Crippen LogP contribution < -0.4 is 5.32 Å². The maximum atomic E-state index is 11.7. The lowest BCUT2D eigenvalue weighted by molar-refractivity contribution is -0.133. The Kier molecular flexibility index (Phi) is 3.11. The van der Waals surface area contributed by atoms with Crippen LogP contribution in [0.1, 0.15) is 12.8 Å². The van der Waals surface area contributed by atoms with Crippen molar-refractivity contribution in [2.75, 3.05) is 6.54 Å². The highest BCUT2D eigenvalue weighted by atomic mass is 19.3. The van der Waals surface area contributed by atoms with Crippen LogP contribution in [0.3, 0.4) is 0 Å². The molecule has 1 unspecified atom stereocenters. The van der Waals surface area contributed by atoms with Gasteiger partial charge in [0.05, 0.1) is 6.42 Å². The van der Waals surface area contributed by atoms with E-state index in [2.05, 4.69) is 5.32 Å². The zero-order chi connectivity index (χ0) is 9.84. The fourth-order valence-corrected chi connectivity index (χ4v) is 1.16. The fourth-order valence-electron chi connectivity index (χ4n) is 1.16. The zero-order valence-corrected chi connectivity index (χ0v) is 6.85. The van der Waals surface area contributed by atoms with Crippen LogP contribution in [0, 0.1) is 5.92 Å². The van der Waals surface area contributed by atoms with Crippen LogP contribution in [0.15, 0.2) is 12.2 Å². The predicted molar refractivity (Wildman–Crippen MR) is 41.0 cm³/mol. The fraction of sp³-hybridized carbons (Fsp3) is 0.500. The number of hydrogen-bond acceptors (Lipinski definition) is 2. The molecule has 1 N–H and O–H groups in total. The van der Waals surface area contributed by atoms with E-state index in [1.807, 2.05) is 0 Å². The highest BCUT2D eigenvalue weighted by Gasteiger charge is 2.25. The number of piperidine rings is 1. The Labute approximate surface area is 73.8 Å². The van der Waals surface area contributed by atoms with E-state index >= 15 is 0 Å². The number of allylic oxidation sites excluding steroid dienone is 1. The number of Topliss-reactive ketones (excluding diaryl/α,β-unsaturated/α-hetero) is 1. The number of rotatable bonds is 2. The van der Waals surface area contributed by atoms with Crippen molar-refractivity contribution >= 4 is 11.7 Å². The first-order valence-corrected chi connectivity index (χ1v) is 3.90. The third-order valence-electron chi connectivity index (χ3n) is 1.89. The molecule has 1 atom stereocenters. The normalized spacial score (nSPS) is 22.5. The van der Waals surface area contributed by atoms with Crippen LogP contribution in [0.4, 0.5) is 8.78 Å². The van der Waals surface area contributed by atoms with Crippen LogP contribution in [0.2, 0.25) is 0 Å². The third kappa shape index (κ3) is 2.93. The number of amides is 1. The summed E-state index contributed by atoms with van der Waals surface area (Å²) < 4.78 is 23.3. The standard InChI is InChI=1S/C8H9F2NO2/c9-7(10)2-1-5-4-11-8(13)3-6(5)12/h2,5H,1,3-4H2,(H,11,13). The van der Waals surface area contributed by atoms with Crippen molar-refractivity contribution in [2.45, 2.75) is 12.8 Å². The van der Waals surface area contributed by atoms with Crippen LogP contribution in [0.25, 0.3) is 0 Å². The van der Waals surface area contributed by atoms with E-state index in [4.69, 9.17) is 0 Å². The van der Waals surface area contributed by atoms with Gasteiger partial charge in [-0.15, -0.1) is 0 Å². The third-order valence-corrected chi connectivity index (χ3v) is 1.89. The van der Waals surface area contributed by atoms with Gasteiger partial charge in [-0.3, -0.25) is 9.59 Å². The molecule has 72 valence electrons. The van der Waals surface area contributed by atoms with E-state index in [0.717, 1.165) is 0 Å². The molecule has 0 radical (unpaired) electrons. The first-order valence-electron chi connectivity index (χ1n) is 3.90. The molecule has 0 saturated carbocycles. The van der Waals surface area contributed by atoms with Crippen molar-refractivity contribution in [2.24, 2.45) is 5.92 Å². The Morgan fingerprint density at radius 3 is 2.77 bits per heavy atom. The Morgan fingerprint density at radius 2 is 2.23 bits per heavy atom. The molecule has 0 spiro atoms. The van der Waals surface area contributed by atoms with E-state index in [1.165, 1.54) is 0 Å². The number of hydrogen-bond donors (Lipinski definition) is 1. The van der Waals surface area contributed by atoms with E-state index in [9.17, 15) is 18.4 Å². The maximum Gasteiger partial charge on any atom is 0.266 e. The zero-order valence-electron chi connectivity index (χ0n) is 6.85. The lowest BCUT2D eigenvalue weighted by atomic mass is 9.94. The second-order valence-corrected chi connectivity index (χ2v) is 2.87. The first kappa shape index (κ1) is 9.83. The summed E-state index contributed by atoms with van der Waals surface area (Å²) in [6.07, 6.45) is -1.27. The van der Waals surface area contributed by atoms with Crippen molar-refractivity contribution in [3.05, 3.63) is 12.2 Å². The Balaban J connectivity index is 2.47. The molecule has 0 aliphatic carbocycles. The van der Waals surface area contributed by atoms with Crippen LogP contribution >= 0.6 is 0 Å². The molecule has 1 aliphatic rings. The molecule has 0 bridgehead atoms. The highest BCUT2D eigenvalue weighted by molar-refractivity contribution is 6.01. The highest BCUT2D eigenvalue weighted by Crippen LogP contribution is 2.13. The molecule has 1 rings (SSSR count). The topological polar surface area (TPSA) is 46.2 Å². The van der Waals surface area contributed by atoms with Crippen LogP contribution in [-0.2, 0) is 9.59 Å². The van der Waals surface area contributed by atoms with Gasteiger partial charge in [-0.1, -0.05) is 0 Å². The molecule has 5 heteroatoms. The molecule has 1 amide bonds. The SMILES string of the molecule is O=C1CC(=O)C(CC=C(F)F)CN1. The molecule has 1 heterocycles. The molecule has 1 saturated heterocycles. The van der Waals surface area contributed by atoms with Crippen molar-refractivity contribution in [3.63, 3.8) is 0 Å². The number of ketones is 1. The van der Waals surface area contributed by atoms with Gasteiger partial charge in [0.15, 0.2) is 0 Å². The monoisotopic (exact) mass is 189 g/mol. The van der Waals surface area contributed by atoms with Crippen molar-refractivity contribution < 1.29 is 18.4 Å². The van der Waals surface area contributed by atoms with Gasteiger partial charge in [-0.2, -0.15) is 8.78 Å². The molecule has 0 aromatic carbocycles. The molecule has 0 aromatic rings. The Hall–Kier alpha value is -1.26. The summed E-state index contributed by atoms with van der Waals surface area (Å²) in [5.74, 6) is -1.08. The summed E-state index contributed by atoms with van der Waals surface area (Å²) in [6, 6.07) is 0. The van der Waals surface area contributed by atoms with E-state index in [0.29, 0.717) is 6.08 Å². The molecule has 3 nitrogen and oxygen atoms in total. The average molecular weight is 189 g/mol. The quantitative estimate of drug-likeness (QED) is 0.655. The van der Waals surface area contributed by atoms with Gasteiger partial charge >= 0.3 is 0 Å². The average Bonchev–Trinajstić information content (AvgIpc) is 2.02. The minimum absolute atomic E-state index is 0.00144. The smallest absolute Gasteiger partial charge is 0.266 e. The van der Waals surface area contributed by atoms with Crippen LogP contribution in [0.5, 0.6) is 0 Å². The van der Waals surface area contributed by atoms with Gasteiger partial charge in [0.1, 0.15) is 5.78 Å². The molecule has 0 aromatic heterocycles. The van der Waals surface area contributed by atoms with Gasteiger partial charge in [0.2, 0.25) is 5.91 Å². The summed E-state index contributed by atoms with van der Waals surface area (Å²) in [7, 11) is 0. The molecular formula is C8H9F2NO2. The van der Waals surface area contributed by atoms with Gasteiger partial charge in [0, 0.05) is 12.5 Å². The molecule has 1 aliphatic heterocycles. The van der Waals surface area contributed by atoms with Crippen LogP contribution in [-0.4, -0.2) is 18.2 Å². The number of nitrogens with one attached hydrogen (secondary N) is 1. The predicted octanol–water partition coefficient (Wildman–Crippen LogP) is 0.862. The van der Waals surface area contributed by atoms with Gasteiger partial charge in [-0.25, -0.2) is 0 Å². The van der Waals surface area contributed by atoms with Crippen molar-refractivity contribution in [3.8, 4) is 0 Å². The molecular weight excluding hydrogens is 180 g/mol. The second-order valence-electron chi connectivity index (χ2n) is 2.87. The minimum Gasteiger partial charge on any atom is -0.355 e. The lowest BCUT2D eigenvalue weighted by Gasteiger charge is -2.19. The lowest BCUT2D eigenvalue weighted by Crippen LogP contribution is -2.40. The minimum atomic E-state index is -1.79. The van der Waals surface area contributed by atoms with Crippen molar-refractivity contribution in [1.82, 2.24) is 5.32 Å². The second kappa shape index (κ2) is 4.11. The summed E-state index contributed by atoms with van der Waals surface area (Å²) in [5, 5.41) is 2.45. The number of carbonyl (C=O) groups is 2. The summed E-state index contributed by atoms with van der Waals surface area (Å²) in [4.78, 5) is 21.7. The molecule has 1 fully saturated rings. The number of halogens is 2. The first-order chi connectivity index (χ1) is 6.09. The van der Waals surface area contributed by atoms with Gasteiger partial charge in [-0.05, 0) is 12.5 Å². The Morgan fingerprint density at radius 1 is 1.54 bits per heavy atom. The summed E-state index contributed by atoms with van der Waals surface area (Å²) in [5.41, 5.74) is 0. The summed E-state index contributed by atoms with van der Waals surface area (Å²) >= 11 is 0. The molecule has 13 heavy (non-hydrogen) atoms. The van der Waals surface area contributed by atoms with Crippen molar-refractivity contribution in [1.29, 1.82) is 0 Å². The van der Waals surface area contributed by atoms with E-state index < -0.39 is 12.0 Å². The van der Waals surface area contributed by atoms with Gasteiger partial charge < -0.3 is 5.32 Å². The van der Waals surface area contributed by atoms with E-state index in [-0.39, 0.29) is 31.1 Å².